The zero-order valence-electron chi connectivity index (χ0n) is 29.8. The molecule has 0 heterocycles. The molecule has 0 radical (unpaired) electrons. The van der Waals surface area contributed by atoms with Crippen molar-refractivity contribution in [2.45, 2.75) is 193 Å². The molecule has 1 unspecified atom stereocenters. The van der Waals surface area contributed by atoms with Crippen molar-refractivity contribution in [3.63, 3.8) is 0 Å². The van der Waals surface area contributed by atoms with Gasteiger partial charge < -0.3 is 20.1 Å². The number of carbonyl (C=O) groups excluding carboxylic acids is 2. The van der Waals surface area contributed by atoms with Gasteiger partial charge in [0.05, 0.1) is 13.2 Å². The standard InChI is InChI=1S/C36H72NO8P/c1-3-5-7-9-11-13-15-16-17-19-21-23-25-27-29-36(39)45-34(33-44-46(40,41)43-31-30-37)32-42-35(38)28-26-24-22-20-18-14-12-10-8-6-4-2/h34H,3-33,37H2,1-2H3,(H,40,41)/t34-/m1/s1. The Kier molecular flexibility index (Phi) is 33.2. The van der Waals surface area contributed by atoms with E-state index < -0.39 is 26.5 Å². The van der Waals surface area contributed by atoms with Gasteiger partial charge in [0.15, 0.2) is 6.10 Å². The number of ether oxygens (including phenoxy) is 2. The van der Waals surface area contributed by atoms with Gasteiger partial charge in [0, 0.05) is 19.4 Å². The van der Waals surface area contributed by atoms with Crippen LogP contribution in [0.1, 0.15) is 187 Å². The van der Waals surface area contributed by atoms with Crippen molar-refractivity contribution in [1.29, 1.82) is 0 Å². The van der Waals surface area contributed by atoms with E-state index in [1.54, 1.807) is 0 Å². The molecule has 46 heavy (non-hydrogen) atoms. The zero-order valence-corrected chi connectivity index (χ0v) is 30.7. The highest BCUT2D eigenvalue weighted by Gasteiger charge is 2.25. The van der Waals surface area contributed by atoms with E-state index in [0.29, 0.717) is 6.42 Å². The summed E-state index contributed by atoms with van der Waals surface area (Å²) in [7, 11) is -4.36. The van der Waals surface area contributed by atoms with Crippen molar-refractivity contribution in [1.82, 2.24) is 0 Å². The lowest BCUT2D eigenvalue weighted by molar-refractivity contribution is -0.161. The Morgan fingerprint density at radius 3 is 1.33 bits per heavy atom. The smallest absolute Gasteiger partial charge is 0.462 e. The van der Waals surface area contributed by atoms with Crippen molar-refractivity contribution >= 4 is 19.8 Å². The maximum absolute atomic E-state index is 12.5. The van der Waals surface area contributed by atoms with E-state index in [4.69, 9.17) is 24.3 Å². The summed E-state index contributed by atoms with van der Waals surface area (Å²) < 4.78 is 32.6. The summed E-state index contributed by atoms with van der Waals surface area (Å²) in [6.07, 6.45) is 29.8. The Hall–Kier alpha value is -0.990. The number of unbranched alkanes of at least 4 members (excludes halogenated alkanes) is 23. The fraction of sp³-hybridized carbons (Fsp3) is 0.944. The molecule has 274 valence electrons. The van der Waals surface area contributed by atoms with Gasteiger partial charge in [-0.2, -0.15) is 0 Å². The summed E-state index contributed by atoms with van der Waals surface area (Å²) in [6, 6.07) is 0. The van der Waals surface area contributed by atoms with E-state index in [9.17, 15) is 19.0 Å². The van der Waals surface area contributed by atoms with E-state index in [1.165, 1.54) is 122 Å². The number of hydrogen-bond acceptors (Lipinski definition) is 8. The van der Waals surface area contributed by atoms with E-state index in [2.05, 4.69) is 13.8 Å². The molecular weight excluding hydrogens is 605 g/mol. The third-order valence-corrected chi connectivity index (χ3v) is 9.23. The molecule has 0 aliphatic carbocycles. The predicted molar refractivity (Wildman–Crippen MR) is 188 cm³/mol. The first-order valence-corrected chi connectivity index (χ1v) is 20.5. The van der Waals surface area contributed by atoms with E-state index >= 15 is 0 Å². The molecule has 0 aliphatic rings. The molecule has 2 atom stereocenters. The number of phosphoric acid groups is 1. The number of rotatable bonds is 36. The van der Waals surface area contributed by atoms with Gasteiger partial charge in [-0.15, -0.1) is 0 Å². The van der Waals surface area contributed by atoms with Gasteiger partial charge in [-0.1, -0.05) is 162 Å². The van der Waals surface area contributed by atoms with Gasteiger partial charge in [-0.05, 0) is 12.8 Å². The molecule has 0 rings (SSSR count). The first-order valence-electron chi connectivity index (χ1n) is 19.0. The maximum atomic E-state index is 12.5. The fourth-order valence-electron chi connectivity index (χ4n) is 5.40. The zero-order chi connectivity index (χ0) is 34.0. The van der Waals surface area contributed by atoms with Gasteiger partial charge in [0.1, 0.15) is 6.61 Å². The summed E-state index contributed by atoms with van der Waals surface area (Å²) in [4.78, 5) is 34.6. The van der Waals surface area contributed by atoms with Gasteiger partial charge in [0.2, 0.25) is 0 Å². The van der Waals surface area contributed by atoms with Crippen LogP contribution < -0.4 is 5.73 Å². The van der Waals surface area contributed by atoms with Gasteiger partial charge in [-0.3, -0.25) is 18.6 Å². The van der Waals surface area contributed by atoms with E-state index in [1.807, 2.05) is 0 Å². The topological polar surface area (TPSA) is 134 Å². The molecule has 0 saturated heterocycles. The second kappa shape index (κ2) is 33.9. The van der Waals surface area contributed by atoms with Crippen molar-refractivity contribution in [2.75, 3.05) is 26.4 Å². The Labute approximate surface area is 282 Å². The molecule has 0 aliphatic heterocycles. The largest absolute Gasteiger partial charge is 0.472 e. The molecule has 3 N–H and O–H groups in total. The fourth-order valence-corrected chi connectivity index (χ4v) is 6.16. The van der Waals surface area contributed by atoms with Gasteiger partial charge >= 0.3 is 19.8 Å². The Morgan fingerprint density at radius 1 is 0.565 bits per heavy atom. The minimum absolute atomic E-state index is 0.0577. The molecule has 0 aromatic heterocycles. The highest BCUT2D eigenvalue weighted by atomic mass is 31.2. The number of phosphoric ester groups is 1. The Balaban J connectivity index is 4.19. The second-order valence-corrected chi connectivity index (χ2v) is 14.3. The molecule has 0 fully saturated rings. The molecule has 0 saturated carbocycles. The number of carbonyl (C=O) groups is 2. The van der Waals surface area contributed by atoms with Crippen LogP contribution in [0.15, 0.2) is 0 Å². The van der Waals surface area contributed by atoms with Crippen LogP contribution in [0.5, 0.6) is 0 Å². The van der Waals surface area contributed by atoms with Crippen molar-refractivity contribution < 1.29 is 37.6 Å². The van der Waals surface area contributed by atoms with E-state index in [-0.39, 0.29) is 38.6 Å². The lowest BCUT2D eigenvalue weighted by Crippen LogP contribution is -2.29. The van der Waals surface area contributed by atoms with Gasteiger partial charge in [-0.25, -0.2) is 4.57 Å². The molecular formula is C36H72NO8P. The number of esters is 2. The van der Waals surface area contributed by atoms with Crippen molar-refractivity contribution in [3.05, 3.63) is 0 Å². The maximum Gasteiger partial charge on any atom is 0.472 e. The molecule has 0 amide bonds. The normalized spacial score (nSPS) is 13.4. The van der Waals surface area contributed by atoms with Crippen LogP contribution >= 0.6 is 7.82 Å². The van der Waals surface area contributed by atoms with Crippen LogP contribution in [-0.2, 0) is 32.7 Å². The van der Waals surface area contributed by atoms with Crippen molar-refractivity contribution in [3.8, 4) is 0 Å². The van der Waals surface area contributed by atoms with Crippen LogP contribution in [0.2, 0.25) is 0 Å². The Bertz CT molecular complexity index is 739. The number of hydrogen-bond donors (Lipinski definition) is 2. The summed E-state index contributed by atoms with van der Waals surface area (Å²) in [5, 5.41) is 0. The second-order valence-electron chi connectivity index (χ2n) is 12.8. The molecule has 0 bridgehead atoms. The van der Waals surface area contributed by atoms with Crippen LogP contribution in [-0.4, -0.2) is 49.3 Å². The first kappa shape index (κ1) is 45.0. The summed E-state index contributed by atoms with van der Waals surface area (Å²) >= 11 is 0. The molecule has 0 spiro atoms. The summed E-state index contributed by atoms with van der Waals surface area (Å²) in [5.41, 5.74) is 5.33. The van der Waals surface area contributed by atoms with E-state index in [0.717, 1.165) is 32.1 Å². The molecule has 10 heteroatoms. The predicted octanol–water partition coefficient (Wildman–Crippen LogP) is 10.1. The molecule has 0 aromatic rings. The average molecular weight is 678 g/mol. The van der Waals surface area contributed by atoms with Crippen molar-refractivity contribution in [2.24, 2.45) is 5.73 Å². The van der Waals surface area contributed by atoms with Crippen LogP contribution in [0.25, 0.3) is 0 Å². The van der Waals surface area contributed by atoms with Crippen LogP contribution in [0.3, 0.4) is 0 Å². The lowest BCUT2D eigenvalue weighted by atomic mass is 10.0. The van der Waals surface area contributed by atoms with Crippen LogP contribution in [0.4, 0.5) is 0 Å². The molecule has 0 aromatic carbocycles. The Morgan fingerprint density at radius 2 is 0.935 bits per heavy atom. The quantitative estimate of drug-likeness (QED) is 0.0377. The average Bonchev–Trinajstić information content (AvgIpc) is 3.04. The molecule has 9 nitrogen and oxygen atoms in total. The minimum atomic E-state index is -4.36. The minimum Gasteiger partial charge on any atom is -0.462 e. The lowest BCUT2D eigenvalue weighted by Gasteiger charge is -2.19. The monoisotopic (exact) mass is 677 g/mol. The summed E-state index contributed by atoms with van der Waals surface area (Å²) in [5.74, 6) is -0.819. The highest BCUT2D eigenvalue weighted by molar-refractivity contribution is 7.47. The highest BCUT2D eigenvalue weighted by Crippen LogP contribution is 2.43. The van der Waals surface area contributed by atoms with Crippen LogP contribution in [0, 0.1) is 0 Å². The third-order valence-electron chi connectivity index (χ3n) is 8.24. The third kappa shape index (κ3) is 32.9. The summed E-state index contributed by atoms with van der Waals surface area (Å²) in [6.45, 7) is 3.73. The number of nitrogens with two attached hydrogens (primary N) is 1. The first-order chi connectivity index (χ1) is 22.3. The SMILES string of the molecule is CCCCCCCCCCCCCCCCC(=O)O[C@H](COC(=O)CCCCCCCCCCCCC)COP(=O)(O)OCCN. The van der Waals surface area contributed by atoms with Gasteiger partial charge in [0.25, 0.3) is 0 Å².